The van der Waals surface area contributed by atoms with E-state index in [-0.39, 0.29) is 28.6 Å². The molecule has 7 heteroatoms. The molecule has 0 aliphatic heterocycles. The average molecular weight is 501 g/mol. The molecule has 0 amide bonds. The van der Waals surface area contributed by atoms with Crippen molar-refractivity contribution in [2.24, 2.45) is 0 Å². The second kappa shape index (κ2) is 11.8. The van der Waals surface area contributed by atoms with Crippen molar-refractivity contribution in [2.75, 3.05) is 31.4 Å². The van der Waals surface area contributed by atoms with Gasteiger partial charge in [0, 0.05) is 60.1 Å². The summed E-state index contributed by atoms with van der Waals surface area (Å²) in [5.41, 5.74) is 2.72. The lowest BCUT2D eigenvalue weighted by Gasteiger charge is -2.19. The van der Waals surface area contributed by atoms with E-state index in [0.717, 1.165) is 31.6 Å². The predicted molar refractivity (Wildman–Crippen MR) is 140 cm³/mol. The molecule has 2 aromatic carbocycles. The van der Waals surface area contributed by atoms with Crippen LogP contribution in [0.25, 0.3) is 10.9 Å². The van der Waals surface area contributed by atoms with E-state index in [1.54, 1.807) is 24.4 Å². The van der Waals surface area contributed by atoms with Gasteiger partial charge < -0.3 is 9.47 Å². The third-order valence-corrected chi connectivity index (χ3v) is 6.30. The van der Waals surface area contributed by atoms with Crippen molar-refractivity contribution < 1.29 is 9.59 Å². The Kier molecular flexibility index (Phi) is 9.06. The Labute approximate surface area is 210 Å². The van der Waals surface area contributed by atoms with Crippen molar-refractivity contribution in [1.82, 2.24) is 9.47 Å². The molecule has 0 aliphatic rings. The summed E-state index contributed by atoms with van der Waals surface area (Å²) in [6.07, 6.45) is 2.44. The molecular formula is C27H30Cl2N2O3. The Balaban J connectivity index is 1.87. The lowest BCUT2D eigenvalue weighted by atomic mass is 9.99. The van der Waals surface area contributed by atoms with E-state index in [1.165, 1.54) is 6.92 Å². The molecule has 3 aromatic rings. The van der Waals surface area contributed by atoms with Crippen LogP contribution in [0.5, 0.6) is 0 Å². The standard InChI is InChI=1S/C27H30Cl2N2O3/c1-18(2)31-17-24(19(3)32)27(34)23-9-8-22(16-25(23)31)26(33)21-6-4-20(5-7-21)10-13-30(14-11-28)15-12-29/h4-9,16-18H,10-15H2,1-3H3. The summed E-state index contributed by atoms with van der Waals surface area (Å²) in [7, 11) is 0. The summed E-state index contributed by atoms with van der Waals surface area (Å²) < 4.78 is 1.88. The first-order valence-electron chi connectivity index (χ1n) is 11.4. The number of alkyl halides is 2. The van der Waals surface area contributed by atoms with Gasteiger partial charge in [-0.1, -0.05) is 30.3 Å². The largest absolute Gasteiger partial charge is 0.344 e. The number of hydrogen-bond donors (Lipinski definition) is 0. The van der Waals surface area contributed by atoms with Gasteiger partial charge in [0.15, 0.2) is 17.0 Å². The van der Waals surface area contributed by atoms with Gasteiger partial charge in [0.1, 0.15) is 0 Å². The van der Waals surface area contributed by atoms with E-state index in [9.17, 15) is 14.4 Å². The van der Waals surface area contributed by atoms with Gasteiger partial charge in [-0.15, -0.1) is 23.2 Å². The lowest BCUT2D eigenvalue weighted by molar-refractivity contribution is 0.101. The molecule has 34 heavy (non-hydrogen) atoms. The van der Waals surface area contributed by atoms with E-state index >= 15 is 0 Å². The topological polar surface area (TPSA) is 59.4 Å². The summed E-state index contributed by atoms with van der Waals surface area (Å²) in [6, 6.07) is 12.7. The smallest absolute Gasteiger partial charge is 0.200 e. The Hall–Kier alpha value is -2.47. The molecule has 0 bridgehead atoms. The van der Waals surface area contributed by atoms with Crippen molar-refractivity contribution >= 4 is 45.7 Å². The minimum Gasteiger partial charge on any atom is -0.344 e. The average Bonchev–Trinajstić information content (AvgIpc) is 2.82. The summed E-state index contributed by atoms with van der Waals surface area (Å²) in [5, 5.41) is 0.437. The number of aromatic nitrogens is 1. The van der Waals surface area contributed by atoms with E-state index in [0.29, 0.717) is 33.8 Å². The molecular weight excluding hydrogens is 471 g/mol. The molecule has 0 radical (unpaired) electrons. The molecule has 0 saturated heterocycles. The molecule has 0 atom stereocenters. The maximum Gasteiger partial charge on any atom is 0.200 e. The molecule has 0 fully saturated rings. The van der Waals surface area contributed by atoms with Crippen LogP contribution in [-0.2, 0) is 6.42 Å². The van der Waals surface area contributed by atoms with Gasteiger partial charge in [0.05, 0.1) is 11.1 Å². The predicted octanol–water partition coefficient (Wildman–Crippen LogP) is 5.34. The zero-order chi connectivity index (χ0) is 24.8. The number of Topliss-reactive ketones (excluding diaryl/α,β-unsaturated/α-hetero) is 1. The number of benzene rings is 2. The van der Waals surface area contributed by atoms with E-state index in [4.69, 9.17) is 23.2 Å². The number of ketones is 2. The molecule has 1 heterocycles. The van der Waals surface area contributed by atoms with Crippen LogP contribution in [-0.4, -0.2) is 52.4 Å². The second-order valence-electron chi connectivity index (χ2n) is 8.66. The Morgan fingerprint density at radius 1 is 0.941 bits per heavy atom. The quantitative estimate of drug-likeness (QED) is 0.263. The van der Waals surface area contributed by atoms with E-state index < -0.39 is 0 Å². The van der Waals surface area contributed by atoms with Crippen LogP contribution in [0.2, 0.25) is 0 Å². The van der Waals surface area contributed by atoms with Crippen molar-refractivity contribution in [2.45, 2.75) is 33.2 Å². The highest BCUT2D eigenvalue weighted by molar-refractivity contribution is 6.18. The van der Waals surface area contributed by atoms with Gasteiger partial charge >= 0.3 is 0 Å². The fourth-order valence-electron chi connectivity index (χ4n) is 4.02. The summed E-state index contributed by atoms with van der Waals surface area (Å²) >= 11 is 11.7. The van der Waals surface area contributed by atoms with Crippen molar-refractivity contribution in [3.8, 4) is 0 Å². The molecule has 0 saturated carbocycles. The number of fused-ring (bicyclic) bond motifs is 1. The van der Waals surface area contributed by atoms with Crippen LogP contribution in [0.3, 0.4) is 0 Å². The Morgan fingerprint density at radius 3 is 2.12 bits per heavy atom. The minimum atomic E-state index is -0.305. The molecule has 0 spiro atoms. The van der Waals surface area contributed by atoms with Crippen molar-refractivity contribution in [3.05, 3.63) is 81.1 Å². The maximum atomic E-state index is 13.2. The molecule has 3 rings (SSSR count). The van der Waals surface area contributed by atoms with Crippen LogP contribution in [0.4, 0.5) is 0 Å². The molecule has 0 unspecified atom stereocenters. The summed E-state index contributed by atoms with van der Waals surface area (Å²) in [6.45, 7) is 7.78. The van der Waals surface area contributed by atoms with Crippen LogP contribution >= 0.6 is 23.2 Å². The zero-order valence-corrected chi connectivity index (χ0v) is 21.3. The van der Waals surface area contributed by atoms with Crippen LogP contribution in [0.1, 0.15) is 58.7 Å². The van der Waals surface area contributed by atoms with Crippen LogP contribution < -0.4 is 5.43 Å². The van der Waals surface area contributed by atoms with Crippen LogP contribution in [0.15, 0.2) is 53.5 Å². The first-order valence-corrected chi connectivity index (χ1v) is 12.5. The molecule has 0 aliphatic carbocycles. The minimum absolute atomic E-state index is 0.0167. The summed E-state index contributed by atoms with van der Waals surface area (Å²) in [4.78, 5) is 40.1. The van der Waals surface area contributed by atoms with E-state index in [2.05, 4.69) is 4.90 Å². The van der Waals surface area contributed by atoms with Crippen LogP contribution in [0, 0.1) is 0 Å². The highest BCUT2D eigenvalue weighted by Crippen LogP contribution is 2.21. The molecule has 1 aromatic heterocycles. The highest BCUT2D eigenvalue weighted by Gasteiger charge is 2.17. The number of nitrogens with zero attached hydrogens (tertiary/aromatic N) is 2. The fourth-order valence-corrected chi connectivity index (χ4v) is 4.50. The van der Waals surface area contributed by atoms with Crippen molar-refractivity contribution in [1.29, 1.82) is 0 Å². The monoisotopic (exact) mass is 500 g/mol. The second-order valence-corrected chi connectivity index (χ2v) is 9.41. The Morgan fingerprint density at radius 2 is 1.56 bits per heavy atom. The number of carbonyl (C=O) groups excluding carboxylic acids is 2. The van der Waals surface area contributed by atoms with Gasteiger partial charge in [-0.2, -0.15) is 0 Å². The van der Waals surface area contributed by atoms with Crippen molar-refractivity contribution in [3.63, 3.8) is 0 Å². The first kappa shape index (κ1) is 26.1. The van der Waals surface area contributed by atoms with Gasteiger partial charge in [0.25, 0.3) is 0 Å². The Bertz CT molecular complexity index is 1230. The molecule has 0 N–H and O–H groups in total. The lowest BCUT2D eigenvalue weighted by Crippen LogP contribution is -2.30. The van der Waals surface area contributed by atoms with Gasteiger partial charge in [-0.25, -0.2) is 0 Å². The number of hydrogen-bond acceptors (Lipinski definition) is 4. The first-order chi connectivity index (χ1) is 16.3. The highest BCUT2D eigenvalue weighted by atomic mass is 35.5. The van der Waals surface area contributed by atoms with Gasteiger partial charge in [-0.05, 0) is 44.9 Å². The van der Waals surface area contributed by atoms with Gasteiger partial charge in [-0.3, -0.25) is 14.4 Å². The number of halogens is 2. The maximum absolute atomic E-state index is 13.2. The number of pyridine rings is 1. The van der Waals surface area contributed by atoms with E-state index in [1.807, 2.05) is 42.7 Å². The number of rotatable bonds is 11. The fraction of sp³-hybridized carbons (Fsp3) is 0.370. The molecule has 5 nitrogen and oxygen atoms in total. The normalized spacial score (nSPS) is 11.5. The SMILES string of the molecule is CC(=O)c1cn(C(C)C)c2cc(C(=O)c3ccc(CCN(CCCl)CCCl)cc3)ccc2c1=O. The zero-order valence-electron chi connectivity index (χ0n) is 19.8. The third-order valence-electron chi connectivity index (χ3n) is 5.97. The van der Waals surface area contributed by atoms with Gasteiger partial charge in [0.2, 0.25) is 0 Å². The number of carbonyl (C=O) groups is 2. The molecule has 180 valence electrons. The summed E-state index contributed by atoms with van der Waals surface area (Å²) in [5.74, 6) is 0.751. The third kappa shape index (κ3) is 5.96.